The van der Waals surface area contributed by atoms with Crippen molar-refractivity contribution in [3.05, 3.63) is 17.3 Å². The van der Waals surface area contributed by atoms with Crippen LogP contribution >= 0.6 is 0 Å². The van der Waals surface area contributed by atoms with Gasteiger partial charge in [0, 0.05) is 32.9 Å². The van der Waals surface area contributed by atoms with Gasteiger partial charge in [-0.25, -0.2) is 9.99 Å². The van der Waals surface area contributed by atoms with Crippen molar-refractivity contribution >= 4 is 0 Å². The third-order valence-electron chi connectivity index (χ3n) is 2.15. The third-order valence-corrected chi connectivity index (χ3v) is 2.15. The first-order valence-corrected chi connectivity index (χ1v) is 4.20. The van der Waals surface area contributed by atoms with Crippen LogP contribution in [0.1, 0.15) is 17.3 Å². The van der Waals surface area contributed by atoms with Crippen LogP contribution in [-0.4, -0.2) is 23.1 Å². The van der Waals surface area contributed by atoms with Gasteiger partial charge >= 0.3 is 0 Å². The first-order chi connectivity index (χ1) is 5.75. The molecule has 0 fully saturated rings. The largest absolute Gasteiger partial charge is 0.446 e. The lowest BCUT2D eigenvalue weighted by Crippen LogP contribution is -2.33. The quantitative estimate of drug-likeness (QED) is 0.563. The Morgan fingerprint density at radius 1 is 1.42 bits per heavy atom. The van der Waals surface area contributed by atoms with Gasteiger partial charge in [0.05, 0.1) is 5.69 Å². The van der Waals surface area contributed by atoms with E-state index in [0.29, 0.717) is 0 Å². The fourth-order valence-electron chi connectivity index (χ4n) is 1.51. The van der Waals surface area contributed by atoms with Gasteiger partial charge in [-0.3, -0.25) is 5.84 Å². The van der Waals surface area contributed by atoms with Gasteiger partial charge in [-0.05, 0) is 0 Å². The van der Waals surface area contributed by atoms with Crippen LogP contribution in [0.25, 0.3) is 0 Å². The van der Waals surface area contributed by atoms with E-state index >= 15 is 0 Å². The van der Waals surface area contributed by atoms with Crippen molar-refractivity contribution in [2.24, 2.45) is 5.84 Å². The summed E-state index contributed by atoms with van der Waals surface area (Å²) in [7, 11) is 0. The number of rotatable bonds is 0. The molecule has 0 radical (unpaired) electrons. The molecule has 12 heavy (non-hydrogen) atoms. The summed E-state index contributed by atoms with van der Waals surface area (Å²) in [6.45, 7) is 3.62. The average molecular weight is 167 g/mol. The maximum Gasteiger partial charge on any atom is 0.191 e. The fourth-order valence-corrected chi connectivity index (χ4v) is 1.51. The summed E-state index contributed by atoms with van der Waals surface area (Å²) in [5.74, 6) is 7.46. The number of aryl methyl sites for hydroxylation is 1. The summed E-state index contributed by atoms with van der Waals surface area (Å²) < 4.78 is 5.44. The van der Waals surface area contributed by atoms with Gasteiger partial charge in [0.2, 0.25) is 0 Å². The van der Waals surface area contributed by atoms with Crippen LogP contribution in [-0.2, 0) is 12.8 Å². The molecular formula is C8H13N3O. The van der Waals surface area contributed by atoms with Crippen molar-refractivity contribution in [3.63, 3.8) is 0 Å². The Labute approximate surface area is 71.3 Å². The normalized spacial score (nSPS) is 18.8. The summed E-state index contributed by atoms with van der Waals surface area (Å²) in [4.78, 5) is 4.30. The molecule has 4 heteroatoms. The van der Waals surface area contributed by atoms with Gasteiger partial charge in [-0.15, -0.1) is 0 Å². The first kappa shape index (κ1) is 7.76. The Balaban J connectivity index is 2.24. The molecule has 0 unspecified atom stereocenters. The molecule has 2 N–H and O–H groups in total. The number of hydrogen-bond acceptors (Lipinski definition) is 4. The molecule has 0 saturated carbocycles. The van der Waals surface area contributed by atoms with Gasteiger partial charge in [-0.2, -0.15) is 0 Å². The molecule has 0 atom stereocenters. The predicted octanol–water partition coefficient (Wildman–Crippen LogP) is 0.257. The Kier molecular flexibility index (Phi) is 1.86. The van der Waals surface area contributed by atoms with Crippen LogP contribution in [0.5, 0.6) is 0 Å². The van der Waals surface area contributed by atoms with Gasteiger partial charge in [0.15, 0.2) is 5.89 Å². The second-order valence-corrected chi connectivity index (χ2v) is 3.14. The summed E-state index contributed by atoms with van der Waals surface area (Å²) in [5.41, 5.74) is 1.08. The van der Waals surface area contributed by atoms with Gasteiger partial charge in [-0.1, -0.05) is 0 Å². The molecule has 0 bridgehead atoms. The van der Waals surface area contributed by atoms with Crippen molar-refractivity contribution in [1.82, 2.24) is 9.99 Å². The number of nitrogens with two attached hydrogens (primary N) is 1. The van der Waals surface area contributed by atoms with Crippen LogP contribution in [0.2, 0.25) is 0 Å². The van der Waals surface area contributed by atoms with Crippen LogP contribution < -0.4 is 5.84 Å². The monoisotopic (exact) mass is 167 g/mol. The molecule has 0 aromatic carbocycles. The number of hydrogen-bond donors (Lipinski definition) is 1. The summed E-state index contributed by atoms with van der Waals surface area (Å²) in [6.07, 6.45) is 1.79. The minimum absolute atomic E-state index is 0.769. The average Bonchev–Trinajstić information content (AvgIpc) is 2.31. The van der Waals surface area contributed by atoms with E-state index in [1.165, 1.54) is 0 Å². The zero-order valence-corrected chi connectivity index (χ0v) is 7.21. The zero-order chi connectivity index (χ0) is 8.55. The van der Waals surface area contributed by atoms with Gasteiger partial charge in [0.1, 0.15) is 5.76 Å². The lowest BCUT2D eigenvalue weighted by molar-refractivity contribution is 0.291. The standard InChI is InChI=1S/C8H13N3O/c1-6-10-7-2-4-11(9)5-3-8(7)12-6/h2-5,9H2,1H3. The number of nitrogens with zero attached hydrogens (tertiary/aromatic N) is 2. The highest BCUT2D eigenvalue weighted by Crippen LogP contribution is 2.14. The molecule has 0 saturated heterocycles. The van der Waals surface area contributed by atoms with Crippen molar-refractivity contribution in [3.8, 4) is 0 Å². The summed E-state index contributed by atoms with van der Waals surface area (Å²) in [6, 6.07) is 0. The summed E-state index contributed by atoms with van der Waals surface area (Å²) >= 11 is 0. The molecule has 1 aliphatic heterocycles. The molecule has 1 aromatic rings. The van der Waals surface area contributed by atoms with Crippen molar-refractivity contribution in [2.75, 3.05) is 13.1 Å². The fraction of sp³-hybridized carbons (Fsp3) is 0.625. The van der Waals surface area contributed by atoms with Gasteiger partial charge in [0.25, 0.3) is 0 Å². The molecule has 4 nitrogen and oxygen atoms in total. The number of hydrazine groups is 1. The second kappa shape index (κ2) is 2.88. The second-order valence-electron chi connectivity index (χ2n) is 3.14. The Morgan fingerprint density at radius 3 is 3.00 bits per heavy atom. The highest BCUT2D eigenvalue weighted by Gasteiger charge is 2.16. The van der Waals surface area contributed by atoms with Crippen molar-refractivity contribution in [2.45, 2.75) is 19.8 Å². The van der Waals surface area contributed by atoms with E-state index < -0.39 is 0 Å². The third kappa shape index (κ3) is 1.35. The number of fused-ring (bicyclic) bond motifs is 1. The minimum atomic E-state index is 0.769. The number of aromatic nitrogens is 1. The Morgan fingerprint density at radius 2 is 2.17 bits per heavy atom. The van der Waals surface area contributed by atoms with E-state index in [2.05, 4.69) is 4.98 Å². The van der Waals surface area contributed by atoms with Gasteiger partial charge < -0.3 is 4.42 Å². The molecule has 2 rings (SSSR count). The van der Waals surface area contributed by atoms with E-state index in [4.69, 9.17) is 10.3 Å². The van der Waals surface area contributed by atoms with E-state index in [1.54, 1.807) is 0 Å². The molecule has 1 aromatic heterocycles. The Bertz CT molecular complexity index is 256. The predicted molar refractivity (Wildman–Crippen MR) is 44.4 cm³/mol. The van der Waals surface area contributed by atoms with E-state index in [0.717, 1.165) is 43.3 Å². The van der Waals surface area contributed by atoms with Crippen LogP contribution in [0.15, 0.2) is 4.42 Å². The van der Waals surface area contributed by atoms with E-state index in [9.17, 15) is 0 Å². The Hall–Kier alpha value is -0.870. The first-order valence-electron chi connectivity index (χ1n) is 4.20. The van der Waals surface area contributed by atoms with Crippen LogP contribution in [0.3, 0.4) is 0 Å². The maximum atomic E-state index is 5.68. The molecule has 0 amide bonds. The molecule has 66 valence electrons. The van der Waals surface area contributed by atoms with Crippen molar-refractivity contribution in [1.29, 1.82) is 0 Å². The molecule has 0 aliphatic carbocycles. The van der Waals surface area contributed by atoms with Crippen LogP contribution in [0, 0.1) is 6.92 Å². The number of oxazole rings is 1. The smallest absolute Gasteiger partial charge is 0.191 e. The lowest BCUT2D eigenvalue weighted by Gasteiger charge is -2.10. The van der Waals surface area contributed by atoms with Crippen molar-refractivity contribution < 1.29 is 4.42 Å². The lowest BCUT2D eigenvalue weighted by atomic mass is 10.2. The SMILES string of the molecule is Cc1nc2c(o1)CCN(N)CC2. The van der Waals surface area contributed by atoms with Crippen LogP contribution in [0.4, 0.5) is 0 Å². The molecular weight excluding hydrogens is 154 g/mol. The van der Waals surface area contributed by atoms with E-state index in [-0.39, 0.29) is 0 Å². The highest BCUT2D eigenvalue weighted by molar-refractivity contribution is 5.12. The minimum Gasteiger partial charge on any atom is -0.446 e. The molecule has 1 aliphatic rings. The van der Waals surface area contributed by atoms with E-state index in [1.807, 2.05) is 11.9 Å². The summed E-state index contributed by atoms with van der Waals surface area (Å²) in [5, 5.41) is 1.81. The molecule has 0 spiro atoms. The highest BCUT2D eigenvalue weighted by atomic mass is 16.4. The zero-order valence-electron chi connectivity index (χ0n) is 7.21. The topological polar surface area (TPSA) is 55.3 Å². The maximum absolute atomic E-state index is 5.68. The molecule has 2 heterocycles.